The minimum absolute atomic E-state index is 0.0808. The van der Waals surface area contributed by atoms with E-state index in [9.17, 15) is 13.2 Å². The number of nitrogens with zero attached hydrogens (tertiary/aromatic N) is 1. The summed E-state index contributed by atoms with van der Waals surface area (Å²) in [5.74, 6) is -0.222. The highest BCUT2D eigenvalue weighted by Gasteiger charge is 2.18. The van der Waals surface area contributed by atoms with E-state index in [1.807, 2.05) is 37.3 Å². The molecule has 128 valence electrons. The lowest BCUT2D eigenvalue weighted by Gasteiger charge is -2.22. The number of nitrogens with one attached hydrogen (secondary N) is 1. The van der Waals surface area contributed by atoms with Crippen molar-refractivity contribution in [3.05, 3.63) is 60.2 Å². The van der Waals surface area contributed by atoms with E-state index in [0.717, 1.165) is 18.2 Å². The summed E-state index contributed by atoms with van der Waals surface area (Å²) < 4.78 is 25.4. The van der Waals surface area contributed by atoms with Crippen LogP contribution in [0.15, 0.2) is 54.6 Å². The van der Waals surface area contributed by atoms with Crippen molar-refractivity contribution < 1.29 is 13.2 Å². The number of hydrogen-bond acceptors (Lipinski definition) is 3. The van der Waals surface area contributed by atoms with Crippen molar-refractivity contribution in [3.8, 4) is 0 Å². The predicted octanol–water partition coefficient (Wildman–Crippen LogP) is 3.04. The number of amides is 1. The van der Waals surface area contributed by atoms with E-state index in [-0.39, 0.29) is 18.9 Å². The van der Waals surface area contributed by atoms with Gasteiger partial charge in [0.25, 0.3) is 0 Å². The van der Waals surface area contributed by atoms with Gasteiger partial charge in [0.1, 0.15) is 0 Å². The van der Waals surface area contributed by atoms with Gasteiger partial charge in [0.05, 0.1) is 11.9 Å². The van der Waals surface area contributed by atoms with Gasteiger partial charge < -0.3 is 5.32 Å². The molecule has 24 heavy (non-hydrogen) atoms. The van der Waals surface area contributed by atoms with Gasteiger partial charge in [-0.1, -0.05) is 37.3 Å². The third-order valence-corrected chi connectivity index (χ3v) is 4.83. The number of anilines is 2. The first-order chi connectivity index (χ1) is 11.4. The number of benzene rings is 2. The fraction of sp³-hybridized carbons (Fsp3) is 0.278. The average molecular weight is 346 g/mol. The Morgan fingerprint density at radius 1 is 1.04 bits per heavy atom. The van der Waals surface area contributed by atoms with Crippen LogP contribution in [0, 0.1) is 0 Å². The van der Waals surface area contributed by atoms with Crippen LogP contribution >= 0.6 is 0 Å². The largest absolute Gasteiger partial charge is 0.326 e. The second-order valence-electron chi connectivity index (χ2n) is 5.52. The molecule has 2 aromatic rings. The molecule has 5 nitrogen and oxygen atoms in total. The monoisotopic (exact) mass is 346 g/mol. The average Bonchev–Trinajstić information content (AvgIpc) is 2.55. The second kappa shape index (κ2) is 7.97. The quantitative estimate of drug-likeness (QED) is 0.838. The zero-order valence-corrected chi connectivity index (χ0v) is 14.7. The maximum absolute atomic E-state index is 12.1. The SMILES string of the molecule is CCc1ccc(N(CCC(=O)Nc2ccccc2)S(C)(=O)=O)cc1. The lowest BCUT2D eigenvalue weighted by atomic mass is 10.1. The second-order valence-corrected chi connectivity index (χ2v) is 7.43. The van der Waals surface area contributed by atoms with Gasteiger partial charge in [-0.25, -0.2) is 8.42 Å². The van der Waals surface area contributed by atoms with Gasteiger partial charge in [0, 0.05) is 18.7 Å². The maximum atomic E-state index is 12.1. The molecule has 1 N–H and O–H groups in total. The van der Waals surface area contributed by atoms with Crippen LogP contribution in [0.1, 0.15) is 18.9 Å². The summed E-state index contributed by atoms with van der Waals surface area (Å²) >= 11 is 0. The van der Waals surface area contributed by atoms with Crippen LogP contribution in [0.5, 0.6) is 0 Å². The Bertz CT molecular complexity index is 772. The van der Waals surface area contributed by atoms with E-state index in [4.69, 9.17) is 0 Å². The Morgan fingerprint density at radius 2 is 1.67 bits per heavy atom. The fourth-order valence-corrected chi connectivity index (χ4v) is 3.26. The normalized spacial score (nSPS) is 11.1. The van der Waals surface area contributed by atoms with Crippen molar-refractivity contribution in [3.63, 3.8) is 0 Å². The Morgan fingerprint density at radius 3 is 2.21 bits per heavy atom. The van der Waals surface area contributed by atoms with Crippen molar-refractivity contribution in [2.24, 2.45) is 0 Å². The minimum atomic E-state index is -3.45. The van der Waals surface area contributed by atoms with Crippen LogP contribution in [0.4, 0.5) is 11.4 Å². The summed E-state index contributed by atoms with van der Waals surface area (Å²) in [6, 6.07) is 16.4. The van der Waals surface area contributed by atoms with E-state index in [2.05, 4.69) is 5.32 Å². The number of aryl methyl sites for hydroxylation is 1. The van der Waals surface area contributed by atoms with Gasteiger partial charge in [-0.3, -0.25) is 9.10 Å². The third-order valence-electron chi connectivity index (χ3n) is 3.63. The van der Waals surface area contributed by atoms with E-state index >= 15 is 0 Å². The summed E-state index contributed by atoms with van der Waals surface area (Å²) in [6.07, 6.45) is 2.12. The predicted molar refractivity (Wildman–Crippen MR) is 97.7 cm³/mol. The maximum Gasteiger partial charge on any atom is 0.232 e. The van der Waals surface area contributed by atoms with Gasteiger partial charge >= 0.3 is 0 Å². The molecule has 0 spiro atoms. The van der Waals surface area contributed by atoms with E-state index in [1.165, 1.54) is 4.31 Å². The highest BCUT2D eigenvalue weighted by Crippen LogP contribution is 2.19. The Balaban J connectivity index is 2.05. The van der Waals surface area contributed by atoms with E-state index < -0.39 is 10.0 Å². The summed E-state index contributed by atoms with van der Waals surface area (Å²) in [5.41, 5.74) is 2.40. The molecule has 0 aliphatic rings. The van der Waals surface area contributed by atoms with Gasteiger partial charge in [0.15, 0.2) is 0 Å². The highest BCUT2D eigenvalue weighted by atomic mass is 32.2. The lowest BCUT2D eigenvalue weighted by molar-refractivity contribution is -0.116. The summed E-state index contributed by atoms with van der Waals surface area (Å²) in [4.78, 5) is 12.0. The van der Waals surface area contributed by atoms with Crippen LogP contribution in [-0.2, 0) is 21.2 Å². The van der Waals surface area contributed by atoms with E-state index in [0.29, 0.717) is 11.4 Å². The molecule has 0 saturated carbocycles. The zero-order chi connectivity index (χ0) is 17.6. The first kappa shape index (κ1) is 18.0. The Labute approximate surface area is 143 Å². The molecule has 0 bridgehead atoms. The summed E-state index contributed by atoms with van der Waals surface area (Å²) in [6.45, 7) is 2.14. The minimum Gasteiger partial charge on any atom is -0.326 e. The van der Waals surface area contributed by atoms with Crippen molar-refractivity contribution in [2.75, 3.05) is 22.4 Å². The fourth-order valence-electron chi connectivity index (χ4n) is 2.33. The standard InChI is InChI=1S/C18H22N2O3S/c1-3-15-9-11-17(12-10-15)20(24(2,22)23)14-13-18(21)19-16-7-5-4-6-8-16/h4-12H,3,13-14H2,1-2H3,(H,19,21). The van der Waals surface area contributed by atoms with Crippen molar-refractivity contribution in [1.82, 2.24) is 0 Å². The molecular formula is C18H22N2O3S. The van der Waals surface area contributed by atoms with Crippen LogP contribution < -0.4 is 9.62 Å². The van der Waals surface area contributed by atoms with Gasteiger partial charge in [-0.2, -0.15) is 0 Å². The molecule has 0 aliphatic heterocycles. The number of sulfonamides is 1. The Hall–Kier alpha value is -2.34. The highest BCUT2D eigenvalue weighted by molar-refractivity contribution is 7.92. The lowest BCUT2D eigenvalue weighted by Crippen LogP contribution is -2.33. The molecule has 0 saturated heterocycles. The summed E-state index contributed by atoms with van der Waals surface area (Å²) in [7, 11) is -3.45. The number of hydrogen-bond donors (Lipinski definition) is 1. The smallest absolute Gasteiger partial charge is 0.232 e. The van der Waals surface area contributed by atoms with Gasteiger partial charge in [-0.05, 0) is 36.2 Å². The number of carbonyl (C=O) groups excluding carboxylic acids is 1. The molecule has 0 aliphatic carbocycles. The van der Waals surface area contributed by atoms with Gasteiger partial charge in [-0.15, -0.1) is 0 Å². The molecule has 0 heterocycles. The summed E-state index contributed by atoms with van der Waals surface area (Å²) in [5, 5.41) is 2.76. The number of para-hydroxylation sites is 1. The van der Waals surface area contributed by atoms with Crippen LogP contribution in [-0.4, -0.2) is 27.1 Å². The number of carbonyl (C=O) groups is 1. The van der Waals surface area contributed by atoms with E-state index in [1.54, 1.807) is 24.3 Å². The molecule has 0 radical (unpaired) electrons. The van der Waals surface area contributed by atoms with Crippen LogP contribution in [0.3, 0.4) is 0 Å². The molecule has 6 heteroatoms. The van der Waals surface area contributed by atoms with Crippen LogP contribution in [0.25, 0.3) is 0 Å². The molecule has 0 atom stereocenters. The van der Waals surface area contributed by atoms with Crippen molar-refractivity contribution >= 4 is 27.3 Å². The van der Waals surface area contributed by atoms with Gasteiger partial charge in [0.2, 0.25) is 15.9 Å². The zero-order valence-electron chi connectivity index (χ0n) is 13.9. The topological polar surface area (TPSA) is 66.5 Å². The molecule has 0 unspecified atom stereocenters. The van der Waals surface area contributed by atoms with Crippen molar-refractivity contribution in [2.45, 2.75) is 19.8 Å². The Kier molecular flexibility index (Phi) is 5.98. The molecule has 0 aromatic heterocycles. The molecule has 2 aromatic carbocycles. The molecule has 2 rings (SSSR count). The third kappa shape index (κ3) is 5.09. The molecular weight excluding hydrogens is 324 g/mol. The molecule has 0 fully saturated rings. The van der Waals surface area contributed by atoms with Crippen LogP contribution in [0.2, 0.25) is 0 Å². The number of rotatable bonds is 7. The van der Waals surface area contributed by atoms with Crippen molar-refractivity contribution in [1.29, 1.82) is 0 Å². The first-order valence-corrected chi connectivity index (χ1v) is 9.66. The first-order valence-electron chi connectivity index (χ1n) is 7.81. The molecule has 1 amide bonds.